The van der Waals surface area contributed by atoms with E-state index in [9.17, 15) is 27.2 Å². The minimum Gasteiger partial charge on any atom is -0.353 e. The number of nitrogens with one attached hydrogen (secondary N) is 2. The van der Waals surface area contributed by atoms with Crippen molar-refractivity contribution in [1.82, 2.24) is 15.5 Å². The van der Waals surface area contributed by atoms with Gasteiger partial charge in [0.1, 0.15) is 5.82 Å². The maximum atomic E-state index is 13.3. The van der Waals surface area contributed by atoms with Crippen LogP contribution < -0.4 is 10.6 Å². The molecule has 0 bridgehead atoms. The van der Waals surface area contributed by atoms with E-state index >= 15 is 0 Å². The van der Waals surface area contributed by atoms with Crippen LogP contribution >= 0.6 is 0 Å². The topological polar surface area (TPSA) is 61.4 Å². The van der Waals surface area contributed by atoms with E-state index in [0.29, 0.717) is 19.2 Å². The highest BCUT2D eigenvalue weighted by Gasteiger charge is 2.35. The van der Waals surface area contributed by atoms with Gasteiger partial charge in [-0.15, -0.1) is 0 Å². The molecule has 144 valence electrons. The Morgan fingerprint density at radius 2 is 2.08 bits per heavy atom. The molecular weight excluding hydrogens is 354 g/mol. The van der Waals surface area contributed by atoms with Crippen LogP contribution in [0.3, 0.4) is 0 Å². The SMILES string of the molecule is CC(C)N1CCNC(=O)C1CC(=O)NCc1ccc(F)c(C(F)(F)F)c1. The van der Waals surface area contributed by atoms with Gasteiger partial charge in [-0.25, -0.2) is 4.39 Å². The van der Waals surface area contributed by atoms with Crippen molar-refractivity contribution in [3.8, 4) is 0 Å². The zero-order valence-corrected chi connectivity index (χ0v) is 14.5. The number of alkyl halides is 3. The molecule has 0 saturated carbocycles. The number of amides is 2. The molecule has 1 heterocycles. The lowest BCUT2D eigenvalue weighted by molar-refractivity contribution is -0.140. The largest absolute Gasteiger partial charge is 0.419 e. The molecule has 1 aliphatic heterocycles. The Labute approximate surface area is 148 Å². The van der Waals surface area contributed by atoms with Gasteiger partial charge in [0.25, 0.3) is 0 Å². The van der Waals surface area contributed by atoms with Crippen LogP contribution in [0.15, 0.2) is 18.2 Å². The third-order valence-corrected chi connectivity index (χ3v) is 4.24. The second-order valence-electron chi connectivity index (χ2n) is 6.43. The van der Waals surface area contributed by atoms with Crippen molar-refractivity contribution < 1.29 is 27.2 Å². The molecule has 0 aromatic heterocycles. The van der Waals surface area contributed by atoms with E-state index in [1.54, 1.807) is 0 Å². The first kappa shape index (κ1) is 20.2. The molecule has 5 nitrogen and oxygen atoms in total. The second-order valence-corrected chi connectivity index (χ2v) is 6.43. The molecule has 0 spiro atoms. The van der Waals surface area contributed by atoms with Gasteiger partial charge in [-0.05, 0) is 31.5 Å². The van der Waals surface area contributed by atoms with Crippen LogP contribution in [0.5, 0.6) is 0 Å². The van der Waals surface area contributed by atoms with Crippen molar-refractivity contribution in [1.29, 1.82) is 0 Å². The average Bonchev–Trinajstić information content (AvgIpc) is 2.54. The Morgan fingerprint density at radius 3 is 2.69 bits per heavy atom. The van der Waals surface area contributed by atoms with E-state index in [2.05, 4.69) is 10.6 Å². The zero-order chi connectivity index (χ0) is 19.5. The van der Waals surface area contributed by atoms with Gasteiger partial charge in [0.15, 0.2) is 0 Å². The van der Waals surface area contributed by atoms with E-state index in [1.807, 2.05) is 18.7 Å². The van der Waals surface area contributed by atoms with Gasteiger partial charge >= 0.3 is 6.18 Å². The van der Waals surface area contributed by atoms with E-state index in [0.717, 1.165) is 6.07 Å². The van der Waals surface area contributed by atoms with Crippen LogP contribution in [0.4, 0.5) is 17.6 Å². The van der Waals surface area contributed by atoms with E-state index in [-0.39, 0.29) is 30.5 Å². The number of hydrogen-bond acceptors (Lipinski definition) is 3. The van der Waals surface area contributed by atoms with Crippen LogP contribution in [0, 0.1) is 5.82 Å². The van der Waals surface area contributed by atoms with Gasteiger partial charge in [-0.2, -0.15) is 13.2 Å². The highest BCUT2D eigenvalue weighted by molar-refractivity contribution is 5.88. The quantitative estimate of drug-likeness (QED) is 0.775. The molecule has 1 unspecified atom stereocenters. The fraction of sp³-hybridized carbons (Fsp3) is 0.529. The van der Waals surface area contributed by atoms with Gasteiger partial charge in [-0.3, -0.25) is 14.5 Å². The summed E-state index contributed by atoms with van der Waals surface area (Å²) in [6, 6.07) is 2.02. The summed E-state index contributed by atoms with van der Waals surface area (Å²) in [5, 5.41) is 5.19. The van der Waals surface area contributed by atoms with Gasteiger partial charge < -0.3 is 10.6 Å². The zero-order valence-electron chi connectivity index (χ0n) is 14.5. The number of piperazine rings is 1. The lowest BCUT2D eigenvalue weighted by atomic mass is 10.1. The fourth-order valence-electron chi connectivity index (χ4n) is 2.91. The Kier molecular flexibility index (Phi) is 6.22. The summed E-state index contributed by atoms with van der Waals surface area (Å²) in [4.78, 5) is 26.0. The summed E-state index contributed by atoms with van der Waals surface area (Å²) >= 11 is 0. The van der Waals surface area contributed by atoms with Crippen molar-refractivity contribution in [3.05, 3.63) is 35.1 Å². The van der Waals surface area contributed by atoms with Crippen LogP contribution in [0.2, 0.25) is 0 Å². The lowest BCUT2D eigenvalue weighted by Crippen LogP contribution is -2.58. The maximum absolute atomic E-state index is 13.3. The van der Waals surface area contributed by atoms with E-state index in [4.69, 9.17) is 0 Å². The van der Waals surface area contributed by atoms with Crippen molar-refractivity contribution in [2.45, 2.75) is 45.1 Å². The third-order valence-electron chi connectivity index (χ3n) is 4.24. The molecule has 1 fully saturated rings. The third kappa shape index (κ3) is 4.94. The summed E-state index contributed by atoms with van der Waals surface area (Å²) in [6.07, 6.45) is -4.90. The minimum absolute atomic E-state index is 0.0743. The number of rotatable bonds is 5. The molecule has 9 heteroatoms. The molecule has 1 saturated heterocycles. The van der Waals surface area contributed by atoms with Gasteiger partial charge in [0.2, 0.25) is 11.8 Å². The van der Waals surface area contributed by atoms with Gasteiger partial charge in [-0.1, -0.05) is 6.07 Å². The highest BCUT2D eigenvalue weighted by Crippen LogP contribution is 2.31. The Balaban J connectivity index is 1.99. The molecule has 2 amide bonds. The second kappa shape index (κ2) is 8.03. The fourth-order valence-corrected chi connectivity index (χ4v) is 2.91. The normalized spacial score (nSPS) is 18.7. The maximum Gasteiger partial charge on any atom is 0.419 e. The van der Waals surface area contributed by atoms with Crippen molar-refractivity contribution >= 4 is 11.8 Å². The summed E-state index contributed by atoms with van der Waals surface area (Å²) in [7, 11) is 0. The van der Waals surface area contributed by atoms with Crippen LogP contribution in [0.25, 0.3) is 0 Å². The van der Waals surface area contributed by atoms with Crippen LogP contribution in [0.1, 0.15) is 31.4 Å². The average molecular weight is 375 g/mol. The highest BCUT2D eigenvalue weighted by atomic mass is 19.4. The monoisotopic (exact) mass is 375 g/mol. The first-order valence-electron chi connectivity index (χ1n) is 8.25. The number of halogens is 4. The molecule has 0 aliphatic carbocycles. The summed E-state index contributed by atoms with van der Waals surface area (Å²) in [5.41, 5.74) is -1.25. The first-order chi connectivity index (χ1) is 12.1. The van der Waals surface area contributed by atoms with Crippen molar-refractivity contribution in [2.75, 3.05) is 13.1 Å². The lowest BCUT2D eigenvalue weighted by Gasteiger charge is -2.37. The molecule has 0 radical (unpaired) electrons. The Morgan fingerprint density at radius 1 is 1.38 bits per heavy atom. The standard InChI is InChI=1S/C17H21F4N3O2/c1-10(2)24-6-5-22-16(26)14(24)8-15(25)23-9-11-3-4-13(18)12(7-11)17(19,20)21/h3-4,7,10,14H,5-6,8-9H2,1-2H3,(H,22,26)(H,23,25). The first-order valence-corrected chi connectivity index (χ1v) is 8.25. The molecule has 2 N–H and O–H groups in total. The van der Waals surface area contributed by atoms with Gasteiger partial charge in [0, 0.05) is 25.7 Å². The molecule has 1 aromatic rings. The Hall–Kier alpha value is -2.16. The molecule has 1 aliphatic rings. The number of carbonyl (C=O) groups excluding carboxylic acids is 2. The summed E-state index contributed by atoms with van der Waals surface area (Å²) in [6.45, 7) is 4.78. The number of hydrogen-bond donors (Lipinski definition) is 2. The molecule has 1 aromatic carbocycles. The molecule has 1 atom stereocenters. The summed E-state index contributed by atoms with van der Waals surface area (Å²) in [5.74, 6) is -2.07. The minimum atomic E-state index is -4.80. The molecule has 26 heavy (non-hydrogen) atoms. The van der Waals surface area contributed by atoms with E-state index < -0.39 is 29.5 Å². The predicted octanol–water partition coefficient (Wildman–Crippen LogP) is 2.06. The number of nitrogens with zero attached hydrogens (tertiary/aromatic N) is 1. The molecule has 2 rings (SSSR count). The van der Waals surface area contributed by atoms with Crippen molar-refractivity contribution in [3.63, 3.8) is 0 Å². The van der Waals surface area contributed by atoms with Crippen LogP contribution in [-0.2, 0) is 22.3 Å². The van der Waals surface area contributed by atoms with Crippen molar-refractivity contribution in [2.24, 2.45) is 0 Å². The van der Waals surface area contributed by atoms with Gasteiger partial charge in [0.05, 0.1) is 18.0 Å². The number of benzene rings is 1. The smallest absolute Gasteiger partial charge is 0.353 e. The molecular formula is C17H21F4N3O2. The Bertz CT molecular complexity index is 676. The summed E-state index contributed by atoms with van der Waals surface area (Å²) < 4.78 is 51.4. The van der Waals surface area contributed by atoms with Crippen LogP contribution in [-0.4, -0.2) is 41.9 Å². The van der Waals surface area contributed by atoms with E-state index in [1.165, 1.54) is 6.07 Å². The number of carbonyl (C=O) groups is 2. The predicted molar refractivity (Wildman–Crippen MR) is 86.5 cm³/mol.